The van der Waals surface area contributed by atoms with Gasteiger partial charge in [0.2, 0.25) is 0 Å². The summed E-state index contributed by atoms with van der Waals surface area (Å²) >= 11 is 7.74. The quantitative estimate of drug-likeness (QED) is 0.405. The largest absolute Gasteiger partial charge is 0.495 e. The zero-order chi connectivity index (χ0) is 22.2. The fraction of sp³-hybridized carbons (Fsp3) is 0.167. The maximum Gasteiger partial charge on any atom is 0.160 e. The molecule has 1 aliphatic rings. The molecule has 0 atom stereocenters. The van der Waals surface area contributed by atoms with Crippen molar-refractivity contribution in [3.8, 4) is 22.6 Å². The summed E-state index contributed by atoms with van der Waals surface area (Å²) in [7, 11) is 1.62. The Bertz CT molecular complexity index is 1410. The van der Waals surface area contributed by atoms with Crippen LogP contribution in [0.5, 0.6) is 5.75 Å². The molecule has 0 unspecified atom stereocenters. The molecule has 0 N–H and O–H groups in total. The van der Waals surface area contributed by atoms with Gasteiger partial charge in [-0.05, 0) is 55.5 Å². The molecule has 6 nitrogen and oxygen atoms in total. The SMILES string of the molecule is COc1ccc(C#Cc2sc3c(c2C)C(c2ccc(Cl)cc2)=NCc2nnc(C)n2-3)nc1. The lowest BCUT2D eigenvalue weighted by molar-refractivity contribution is 0.413. The van der Waals surface area contributed by atoms with E-state index in [-0.39, 0.29) is 0 Å². The third kappa shape index (κ3) is 3.58. The van der Waals surface area contributed by atoms with Gasteiger partial charge in [-0.3, -0.25) is 9.56 Å². The van der Waals surface area contributed by atoms with E-state index in [0.717, 1.165) is 43.9 Å². The van der Waals surface area contributed by atoms with Crippen molar-refractivity contribution in [2.24, 2.45) is 4.99 Å². The van der Waals surface area contributed by atoms with Crippen molar-refractivity contribution in [2.75, 3.05) is 7.11 Å². The molecule has 4 aromatic rings. The number of fused-ring (bicyclic) bond motifs is 3. The fourth-order valence-corrected chi connectivity index (χ4v) is 4.95. The minimum atomic E-state index is 0.455. The smallest absolute Gasteiger partial charge is 0.160 e. The number of aryl methyl sites for hydroxylation is 1. The van der Waals surface area contributed by atoms with Crippen LogP contribution in [0.4, 0.5) is 0 Å². The number of nitrogens with zero attached hydrogens (tertiary/aromatic N) is 5. The Hall–Kier alpha value is -3.47. The molecule has 0 fully saturated rings. The van der Waals surface area contributed by atoms with Crippen LogP contribution in [0.2, 0.25) is 5.02 Å². The first-order chi connectivity index (χ1) is 15.5. The van der Waals surface area contributed by atoms with E-state index >= 15 is 0 Å². The number of aliphatic imine (C=N–C) groups is 1. The topological polar surface area (TPSA) is 65.2 Å². The standard InChI is InChI=1S/C24H18ClN5OS/c1-14-20(11-9-18-8-10-19(31-3)12-26-18)32-24-22(14)23(16-4-6-17(25)7-5-16)27-13-21-29-28-15(2)30(21)24/h4-8,10,12H,13H2,1-3H3. The van der Waals surface area contributed by atoms with E-state index in [1.165, 1.54) is 0 Å². The Kier molecular flexibility index (Phi) is 5.25. The minimum Gasteiger partial charge on any atom is -0.495 e. The first kappa shape index (κ1) is 20.4. The second kappa shape index (κ2) is 8.23. The fourth-order valence-electron chi connectivity index (χ4n) is 3.59. The van der Waals surface area contributed by atoms with Gasteiger partial charge in [-0.1, -0.05) is 23.7 Å². The van der Waals surface area contributed by atoms with Crippen molar-refractivity contribution >= 4 is 28.6 Å². The zero-order valence-electron chi connectivity index (χ0n) is 17.7. The maximum atomic E-state index is 6.12. The molecule has 4 heterocycles. The van der Waals surface area contributed by atoms with Crippen molar-refractivity contribution in [2.45, 2.75) is 20.4 Å². The number of rotatable bonds is 2. The lowest BCUT2D eigenvalue weighted by Gasteiger charge is -2.09. The van der Waals surface area contributed by atoms with Gasteiger partial charge in [0.1, 0.15) is 28.8 Å². The molecule has 0 saturated heterocycles. The number of halogens is 1. The number of benzene rings is 1. The first-order valence-electron chi connectivity index (χ1n) is 9.92. The highest BCUT2D eigenvalue weighted by Gasteiger charge is 2.27. The number of ether oxygens (including phenoxy) is 1. The molecule has 158 valence electrons. The Balaban J connectivity index is 1.66. The predicted molar refractivity (Wildman–Crippen MR) is 126 cm³/mol. The van der Waals surface area contributed by atoms with E-state index in [4.69, 9.17) is 21.3 Å². The highest BCUT2D eigenvalue weighted by atomic mass is 35.5. The van der Waals surface area contributed by atoms with Crippen LogP contribution in [0.3, 0.4) is 0 Å². The van der Waals surface area contributed by atoms with Gasteiger partial charge in [-0.2, -0.15) is 0 Å². The molecule has 0 radical (unpaired) electrons. The first-order valence-corrected chi connectivity index (χ1v) is 11.1. The average Bonchev–Trinajstić information content (AvgIpc) is 3.27. The van der Waals surface area contributed by atoms with Crippen LogP contribution in [0.25, 0.3) is 5.00 Å². The summed E-state index contributed by atoms with van der Waals surface area (Å²) in [4.78, 5) is 10.2. The van der Waals surface area contributed by atoms with E-state index in [1.807, 2.05) is 43.3 Å². The van der Waals surface area contributed by atoms with Gasteiger partial charge in [0, 0.05) is 16.1 Å². The number of pyridine rings is 1. The summed E-state index contributed by atoms with van der Waals surface area (Å²) in [6.07, 6.45) is 1.67. The van der Waals surface area contributed by atoms with E-state index in [1.54, 1.807) is 24.6 Å². The van der Waals surface area contributed by atoms with Gasteiger partial charge >= 0.3 is 0 Å². The number of hydrogen-bond donors (Lipinski definition) is 0. The molecule has 0 spiro atoms. The maximum absolute atomic E-state index is 6.12. The van der Waals surface area contributed by atoms with Crippen LogP contribution < -0.4 is 4.74 Å². The summed E-state index contributed by atoms with van der Waals surface area (Å²) < 4.78 is 7.25. The summed E-state index contributed by atoms with van der Waals surface area (Å²) in [5.41, 5.74) is 4.71. The van der Waals surface area contributed by atoms with Crippen LogP contribution in [-0.4, -0.2) is 32.6 Å². The summed E-state index contributed by atoms with van der Waals surface area (Å²) in [5.74, 6) is 8.81. The Morgan fingerprint density at radius 2 is 1.88 bits per heavy atom. The Morgan fingerprint density at radius 1 is 1.06 bits per heavy atom. The van der Waals surface area contributed by atoms with Crippen molar-refractivity contribution in [3.63, 3.8) is 0 Å². The normalized spacial score (nSPS) is 12.2. The highest BCUT2D eigenvalue weighted by Crippen LogP contribution is 2.36. The van der Waals surface area contributed by atoms with E-state index < -0.39 is 0 Å². The summed E-state index contributed by atoms with van der Waals surface area (Å²) in [6, 6.07) is 11.5. The van der Waals surface area contributed by atoms with Crippen molar-refractivity contribution in [1.29, 1.82) is 0 Å². The Morgan fingerprint density at radius 3 is 2.59 bits per heavy atom. The van der Waals surface area contributed by atoms with Gasteiger partial charge < -0.3 is 4.74 Å². The van der Waals surface area contributed by atoms with Crippen LogP contribution in [0, 0.1) is 25.7 Å². The van der Waals surface area contributed by atoms with Crippen LogP contribution >= 0.6 is 22.9 Å². The molecule has 0 amide bonds. The molecule has 8 heteroatoms. The van der Waals surface area contributed by atoms with Gasteiger partial charge in [-0.15, -0.1) is 21.5 Å². The molecule has 0 bridgehead atoms. The van der Waals surface area contributed by atoms with Crippen LogP contribution in [-0.2, 0) is 6.54 Å². The summed E-state index contributed by atoms with van der Waals surface area (Å²) in [5, 5.41) is 10.3. The van der Waals surface area contributed by atoms with E-state index in [9.17, 15) is 0 Å². The van der Waals surface area contributed by atoms with E-state index in [2.05, 4.69) is 38.5 Å². The molecule has 32 heavy (non-hydrogen) atoms. The lowest BCUT2D eigenvalue weighted by Crippen LogP contribution is -2.07. The summed E-state index contributed by atoms with van der Waals surface area (Å²) in [6.45, 7) is 4.49. The molecular formula is C24H18ClN5OS. The van der Waals surface area contributed by atoms with Crippen molar-refractivity contribution in [1.82, 2.24) is 19.7 Å². The van der Waals surface area contributed by atoms with Crippen molar-refractivity contribution < 1.29 is 4.74 Å². The number of methoxy groups -OCH3 is 1. The number of thiophene rings is 1. The second-order valence-corrected chi connectivity index (χ2v) is 8.68. The monoisotopic (exact) mass is 459 g/mol. The average molecular weight is 460 g/mol. The van der Waals surface area contributed by atoms with Crippen molar-refractivity contribution in [3.05, 3.63) is 86.5 Å². The highest BCUT2D eigenvalue weighted by molar-refractivity contribution is 7.15. The molecule has 5 rings (SSSR count). The predicted octanol–water partition coefficient (Wildman–Crippen LogP) is 4.75. The zero-order valence-corrected chi connectivity index (χ0v) is 19.3. The molecule has 1 aromatic carbocycles. The van der Waals surface area contributed by atoms with Crippen LogP contribution in [0.1, 0.15) is 38.9 Å². The van der Waals surface area contributed by atoms with Gasteiger partial charge in [-0.25, -0.2) is 4.98 Å². The van der Waals surface area contributed by atoms with Crippen LogP contribution in [0.15, 0.2) is 47.6 Å². The third-order valence-electron chi connectivity index (χ3n) is 5.23. The molecular weight excluding hydrogens is 442 g/mol. The number of aromatic nitrogens is 4. The number of hydrogen-bond acceptors (Lipinski definition) is 6. The van der Waals surface area contributed by atoms with Gasteiger partial charge in [0.15, 0.2) is 5.82 Å². The molecule has 3 aromatic heterocycles. The molecule has 1 aliphatic heterocycles. The lowest BCUT2D eigenvalue weighted by atomic mass is 10.00. The third-order valence-corrected chi connectivity index (χ3v) is 6.68. The van der Waals surface area contributed by atoms with Gasteiger partial charge in [0.05, 0.1) is 23.9 Å². The van der Waals surface area contributed by atoms with E-state index in [0.29, 0.717) is 23.0 Å². The van der Waals surface area contributed by atoms with Gasteiger partial charge in [0.25, 0.3) is 0 Å². The minimum absolute atomic E-state index is 0.455. The molecule has 0 saturated carbocycles. The Labute approximate surface area is 194 Å². The second-order valence-electron chi connectivity index (χ2n) is 7.24. The molecule has 0 aliphatic carbocycles.